The number of aliphatic carboxylic acids is 2. The van der Waals surface area contributed by atoms with Crippen molar-refractivity contribution in [2.45, 2.75) is 6.54 Å². The van der Waals surface area contributed by atoms with Crippen molar-refractivity contribution in [3.63, 3.8) is 0 Å². The van der Waals surface area contributed by atoms with Crippen LogP contribution in [0.25, 0.3) is 15.5 Å². The van der Waals surface area contributed by atoms with E-state index in [2.05, 4.69) is 40.3 Å². The number of aromatic nitrogens is 3. The maximum absolute atomic E-state index is 9.55. The Morgan fingerprint density at radius 2 is 1.70 bits per heavy atom. The molecule has 1 aliphatic rings. The molecule has 158 valence electrons. The first-order valence-electron chi connectivity index (χ1n) is 9.36. The molecule has 9 nitrogen and oxygen atoms in total. The van der Waals surface area contributed by atoms with Gasteiger partial charge in [0.05, 0.1) is 11.9 Å². The minimum atomic E-state index is -1.26. The molecule has 30 heavy (non-hydrogen) atoms. The lowest BCUT2D eigenvalue weighted by atomic mass is 10.2. The topological polar surface area (TPSA) is 111 Å². The second-order valence-electron chi connectivity index (χ2n) is 6.82. The number of hydrogen-bond acceptors (Lipinski definition) is 7. The van der Waals surface area contributed by atoms with Crippen LogP contribution in [0.2, 0.25) is 0 Å². The first kappa shape index (κ1) is 21.6. The average Bonchev–Trinajstić information content (AvgIpc) is 3.28. The van der Waals surface area contributed by atoms with Gasteiger partial charge in [-0.3, -0.25) is 4.90 Å². The van der Waals surface area contributed by atoms with Gasteiger partial charge in [-0.25, -0.2) is 19.1 Å². The van der Waals surface area contributed by atoms with Gasteiger partial charge in [-0.2, -0.15) is 5.10 Å². The normalized spacial score (nSPS) is 15.2. The van der Waals surface area contributed by atoms with E-state index in [1.165, 1.54) is 0 Å². The van der Waals surface area contributed by atoms with Crippen LogP contribution in [0.5, 0.6) is 0 Å². The van der Waals surface area contributed by atoms with Crippen molar-refractivity contribution in [3.05, 3.63) is 54.4 Å². The van der Waals surface area contributed by atoms with Crippen LogP contribution in [0.1, 0.15) is 5.69 Å². The zero-order chi connectivity index (χ0) is 21.5. The molecule has 0 radical (unpaired) electrons. The van der Waals surface area contributed by atoms with Crippen LogP contribution in [-0.2, 0) is 16.1 Å². The third kappa shape index (κ3) is 6.21. The highest BCUT2D eigenvalue weighted by Gasteiger charge is 2.16. The summed E-state index contributed by atoms with van der Waals surface area (Å²) in [7, 11) is 2.18. The van der Waals surface area contributed by atoms with Crippen LogP contribution < -0.4 is 0 Å². The van der Waals surface area contributed by atoms with Crippen molar-refractivity contribution < 1.29 is 19.8 Å². The summed E-state index contributed by atoms with van der Waals surface area (Å²) in [5, 5.41) is 21.3. The Morgan fingerprint density at radius 3 is 2.27 bits per heavy atom. The molecule has 2 aromatic heterocycles. The van der Waals surface area contributed by atoms with Gasteiger partial charge >= 0.3 is 11.9 Å². The molecular formula is C20H23N5O4S. The quantitative estimate of drug-likeness (QED) is 0.592. The van der Waals surface area contributed by atoms with Crippen LogP contribution in [0.4, 0.5) is 0 Å². The Hall–Kier alpha value is -3.08. The number of fused-ring (bicyclic) bond motifs is 1. The number of carbonyl (C=O) groups is 2. The molecule has 0 aliphatic carbocycles. The van der Waals surface area contributed by atoms with E-state index in [1.807, 2.05) is 22.7 Å². The molecule has 2 N–H and O–H groups in total. The molecule has 1 aromatic carbocycles. The fourth-order valence-electron chi connectivity index (χ4n) is 2.90. The standard InChI is InChI=1S/C16H19N5S.C4H4O4/c1-19-7-9-20(10-8-19)11-14-12-21-16(17-14)22-15(18-21)13-5-3-2-4-6-13;5-3(6)1-2-4(7)8/h2-6,12H,7-11H2,1H3;1-2H,(H,5,6)(H,7,8)/b;2-1-. The largest absolute Gasteiger partial charge is 0.478 e. The van der Waals surface area contributed by atoms with Crippen molar-refractivity contribution in [1.29, 1.82) is 0 Å². The van der Waals surface area contributed by atoms with Crippen molar-refractivity contribution >= 4 is 28.2 Å². The average molecular weight is 430 g/mol. The van der Waals surface area contributed by atoms with Gasteiger partial charge in [-0.05, 0) is 7.05 Å². The zero-order valence-electron chi connectivity index (χ0n) is 16.5. The summed E-state index contributed by atoms with van der Waals surface area (Å²) in [6, 6.07) is 10.3. The van der Waals surface area contributed by atoms with E-state index < -0.39 is 11.9 Å². The Morgan fingerprint density at radius 1 is 1.07 bits per heavy atom. The van der Waals surface area contributed by atoms with E-state index in [4.69, 9.17) is 15.2 Å². The van der Waals surface area contributed by atoms with Crippen molar-refractivity contribution in [1.82, 2.24) is 24.4 Å². The SMILES string of the molecule is CN1CCN(Cc2cn3nc(-c4ccccc4)sc3n2)CC1.O=C(O)/C=C\C(=O)O. The first-order chi connectivity index (χ1) is 14.4. The van der Waals surface area contributed by atoms with Crippen molar-refractivity contribution in [2.24, 2.45) is 0 Å². The van der Waals surface area contributed by atoms with Gasteiger partial charge in [0.25, 0.3) is 0 Å². The number of benzene rings is 1. The van der Waals surface area contributed by atoms with Gasteiger partial charge in [-0.1, -0.05) is 41.7 Å². The highest BCUT2D eigenvalue weighted by atomic mass is 32.1. The Labute approximate surface area is 177 Å². The molecule has 0 amide bonds. The molecular weight excluding hydrogens is 406 g/mol. The third-order valence-electron chi connectivity index (χ3n) is 4.46. The van der Waals surface area contributed by atoms with E-state index >= 15 is 0 Å². The van der Waals surface area contributed by atoms with E-state index in [0.717, 1.165) is 53.9 Å². The van der Waals surface area contributed by atoms with Crippen LogP contribution in [-0.4, -0.2) is 79.8 Å². The molecule has 0 bridgehead atoms. The van der Waals surface area contributed by atoms with Crippen LogP contribution in [0.3, 0.4) is 0 Å². The molecule has 3 aromatic rings. The van der Waals surface area contributed by atoms with E-state index in [0.29, 0.717) is 12.2 Å². The molecule has 10 heteroatoms. The predicted molar refractivity (Wildman–Crippen MR) is 113 cm³/mol. The second-order valence-corrected chi connectivity index (χ2v) is 7.78. The summed E-state index contributed by atoms with van der Waals surface area (Å²) in [5.41, 5.74) is 2.27. The van der Waals surface area contributed by atoms with Gasteiger partial charge < -0.3 is 15.1 Å². The van der Waals surface area contributed by atoms with Gasteiger partial charge in [-0.15, -0.1) is 0 Å². The van der Waals surface area contributed by atoms with Gasteiger partial charge in [0.15, 0.2) is 0 Å². The second kappa shape index (κ2) is 10.1. The van der Waals surface area contributed by atoms with Crippen LogP contribution in [0.15, 0.2) is 48.7 Å². The molecule has 1 fully saturated rings. The molecule has 0 unspecified atom stereocenters. The Bertz CT molecular complexity index is 975. The number of hydrogen-bond donors (Lipinski definition) is 2. The van der Waals surface area contributed by atoms with E-state index in [1.54, 1.807) is 11.3 Å². The fourth-order valence-corrected chi connectivity index (χ4v) is 3.80. The fraction of sp³-hybridized carbons (Fsp3) is 0.300. The first-order valence-corrected chi connectivity index (χ1v) is 10.2. The smallest absolute Gasteiger partial charge is 0.328 e. The number of carboxylic acids is 2. The zero-order valence-corrected chi connectivity index (χ0v) is 17.3. The summed E-state index contributed by atoms with van der Waals surface area (Å²) < 4.78 is 1.92. The number of carboxylic acid groups (broad SMARTS) is 2. The number of imidazole rings is 1. The monoisotopic (exact) mass is 429 g/mol. The number of rotatable bonds is 5. The lowest BCUT2D eigenvalue weighted by molar-refractivity contribution is -0.134. The summed E-state index contributed by atoms with van der Waals surface area (Å²) in [5.74, 6) is -2.51. The number of likely N-dealkylation sites (N-methyl/N-ethyl adjacent to an activating group) is 1. The van der Waals surface area contributed by atoms with Crippen LogP contribution in [0, 0.1) is 0 Å². The molecule has 0 atom stereocenters. The highest BCUT2D eigenvalue weighted by Crippen LogP contribution is 2.25. The highest BCUT2D eigenvalue weighted by molar-refractivity contribution is 7.19. The van der Waals surface area contributed by atoms with Crippen LogP contribution >= 0.6 is 11.3 Å². The van der Waals surface area contributed by atoms with Gasteiger partial charge in [0.1, 0.15) is 5.01 Å². The molecule has 1 aliphatic heterocycles. The summed E-state index contributed by atoms with van der Waals surface area (Å²) >= 11 is 1.65. The maximum Gasteiger partial charge on any atom is 0.328 e. The minimum Gasteiger partial charge on any atom is -0.478 e. The number of nitrogens with zero attached hydrogens (tertiary/aromatic N) is 5. The third-order valence-corrected chi connectivity index (χ3v) is 5.44. The lowest BCUT2D eigenvalue weighted by Gasteiger charge is -2.31. The Balaban J connectivity index is 0.000000275. The van der Waals surface area contributed by atoms with Gasteiger partial charge in [0.2, 0.25) is 4.96 Å². The predicted octanol–water partition coefficient (Wildman–Crippen LogP) is 1.92. The summed E-state index contributed by atoms with van der Waals surface area (Å²) in [6.45, 7) is 5.43. The molecule has 0 saturated carbocycles. The summed E-state index contributed by atoms with van der Waals surface area (Å²) in [6.07, 6.45) is 3.18. The minimum absolute atomic E-state index is 0.558. The van der Waals surface area contributed by atoms with E-state index in [9.17, 15) is 9.59 Å². The molecule has 0 spiro atoms. The molecule has 3 heterocycles. The molecule has 4 rings (SSSR count). The van der Waals surface area contributed by atoms with Gasteiger partial charge in [0, 0.05) is 50.4 Å². The Kier molecular flexibility index (Phi) is 7.28. The number of piperazine rings is 1. The summed E-state index contributed by atoms with van der Waals surface area (Å²) in [4.78, 5) is 29.7. The van der Waals surface area contributed by atoms with Crippen molar-refractivity contribution in [3.8, 4) is 10.6 Å². The maximum atomic E-state index is 9.55. The molecule has 1 saturated heterocycles. The van der Waals surface area contributed by atoms with E-state index in [-0.39, 0.29) is 0 Å². The van der Waals surface area contributed by atoms with Crippen molar-refractivity contribution in [2.75, 3.05) is 33.2 Å². The lowest BCUT2D eigenvalue weighted by Crippen LogP contribution is -2.43.